The highest BCUT2D eigenvalue weighted by Gasteiger charge is 2.14. The second-order valence-corrected chi connectivity index (χ2v) is 10.6. The maximum absolute atomic E-state index is 12.6. The third-order valence-corrected chi connectivity index (χ3v) is 6.10. The molecule has 0 aliphatic carbocycles. The summed E-state index contributed by atoms with van der Waals surface area (Å²) in [6.07, 6.45) is 0.718. The Hall–Kier alpha value is -3.13. The number of rotatable bonds is 8. The second kappa shape index (κ2) is 12.9. The lowest BCUT2D eigenvalue weighted by molar-refractivity contribution is -0.119. The van der Waals surface area contributed by atoms with Crippen LogP contribution >= 0.6 is 35.4 Å². The first-order chi connectivity index (χ1) is 17.5. The monoisotopic (exact) mass is 557 g/mol. The van der Waals surface area contributed by atoms with Gasteiger partial charge in [-0.3, -0.25) is 9.59 Å². The molecular weight excluding hydrogens is 529 g/mol. The van der Waals surface area contributed by atoms with Crippen molar-refractivity contribution in [1.29, 1.82) is 0 Å². The van der Waals surface area contributed by atoms with Gasteiger partial charge < -0.3 is 20.7 Å². The largest absolute Gasteiger partial charge is 0.492 e. The number of hydrogen-bond acceptors (Lipinski definition) is 4. The second-order valence-electron chi connectivity index (χ2n) is 9.39. The minimum Gasteiger partial charge on any atom is -0.492 e. The highest BCUT2D eigenvalue weighted by molar-refractivity contribution is 7.80. The van der Waals surface area contributed by atoms with E-state index in [4.69, 9.17) is 40.2 Å². The van der Waals surface area contributed by atoms with Crippen LogP contribution in [0.3, 0.4) is 0 Å². The SMILES string of the molecule is CC(C)(C)c1ccc(C(=O)Nc2ccc(NC(=S)NC(=O)CCCOc3ccc(Cl)cc3Cl)cc2)cc1. The normalized spacial score (nSPS) is 10.9. The van der Waals surface area contributed by atoms with Crippen molar-refractivity contribution in [2.75, 3.05) is 17.2 Å². The number of amides is 2. The lowest BCUT2D eigenvalue weighted by atomic mass is 9.87. The van der Waals surface area contributed by atoms with Gasteiger partial charge in [0.1, 0.15) is 5.75 Å². The molecule has 194 valence electrons. The number of thiocarbonyl (C=S) groups is 1. The summed E-state index contributed by atoms with van der Waals surface area (Å²) < 4.78 is 5.58. The van der Waals surface area contributed by atoms with Gasteiger partial charge in [-0.1, -0.05) is 56.1 Å². The first-order valence-electron chi connectivity index (χ1n) is 11.7. The van der Waals surface area contributed by atoms with E-state index in [1.807, 2.05) is 24.3 Å². The Balaban J connectivity index is 1.40. The number of benzene rings is 3. The predicted octanol–water partition coefficient (Wildman–Crippen LogP) is 7.22. The molecule has 0 aromatic heterocycles. The Morgan fingerprint density at radius 2 is 1.51 bits per heavy atom. The van der Waals surface area contributed by atoms with Crippen molar-refractivity contribution in [2.24, 2.45) is 0 Å². The molecule has 6 nitrogen and oxygen atoms in total. The fourth-order valence-corrected chi connectivity index (χ4v) is 4.02. The molecule has 2 amide bonds. The number of ether oxygens (including phenoxy) is 1. The lowest BCUT2D eigenvalue weighted by Crippen LogP contribution is -2.34. The number of carbonyl (C=O) groups excluding carboxylic acids is 2. The van der Waals surface area contributed by atoms with Crippen LogP contribution in [0.15, 0.2) is 66.7 Å². The van der Waals surface area contributed by atoms with Crippen molar-refractivity contribution in [3.8, 4) is 5.75 Å². The van der Waals surface area contributed by atoms with Crippen LogP contribution in [-0.4, -0.2) is 23.5 Å². The van der Waals surface area contributed by atoms with E-state index < -0.39 is 0 Å². The van der Waals surface area contributed by atoms with Gasteiger partial charge in [0, 0.05) is 28.4 Å². The molecule has 37 heavy (non-hydrogen) atoms. The predicted molar refractivity (Wildman–Crippen MR) is 155 cm³/mol. The summed E-state index contributed by atoms with van der Waals surface area (Å²) in [5.41, 5.74) is 3.10. The molecule has 0 radical (unpaired) electrons. The fraction of sp³-hybridized carbons (Fsp3) is 0.250. The summed E-state index contributed by atoms with van der Waals surface area (Å²) in [5, 5.41) is 9.61. The third kappa shape index (κ3) is 9.04. The van der Waals surface area contributed by atoms with E-state index in [9.17, 15) is 9.59 Å². The van der Waals surface area contributed by atoms with E-state index >= 15 is 0 Å². The van der Waals surface area contributed by atoms with Gasteiger partial charge in [-0.05, 0) is 84.2 Å². The third-order valence-electron chi connectivity index (χ3n) is 5.37. The van der Waals surface area contributed by atoms with Gasteiger partial charge in [-0.15, -0.1) is 0 Å². The van der Waals surface area contributed by atoms with Crippen LogP contribution in [0.5, 0.6) is 5.75 Å². The van der Waals surface area contributed by atoms with Gasteiger partial charge in [0.15, 0.2) is 5.11 Å². The minimum atomic E-state index is -0.232. The van der Waals surface area contributed by atoms with E-state index in [0.29, 0.717) is 45.8 Å². The molecule has 3 aromatic carbocycles. The van der Waals surface area contributed by atoms with Crippen LogP contribution in [0.1, 0.15) is 49.5 Å². The highest BCUT2D eigenvalue weighted by atomic mass is 35.5. The lowest BCUT2D eigenvalue weighted by Gasteiger charge is -2.19. The average molecular weight is 559 g/mol. The van der Waals surface area contributed by atoms with Gasteiger partial charge in [-0.25, -0.2) is 0 Å². The summed E-state index contributed by atoms with van der Waals surface area (Å²) in [6, 6.07) is 19.6. The van der Waals surface area contributed by atoms with Gasteiger partial charge in [0.25, 0.3) is 5.91 Å². The van der Waals surface area contributed by atoms with Crippen molar-refractivity contribution in [3.63, 3.8) is 0 Å². The maximum atomic E-state index is 12.6. The summed E-state index contributed by atoms with van der Waals surface area (Å²) in [7, 11) is 0. The Kier molecular flexibility index (Phi) is 9.92. The molecule has 0 aliphatic heterocycles. The molecule has 3 rings (SSSR count). The van der Waals surface area contributed by atoms with E-state index in [2.05, 4.69) is 36.7 Å². The molecule has 3 N–H and O–H groups in total. The smallest absolute Gasteiger partial charge is 0.255 e. The van der Waals surface area contributed by atoms with E-state index in [1.165, 1.54) is 5.56 Å². The fourth-order valence-electron chi connectivity index (χ4n) is 3.32. The number of carbonyl (C=O) groups is 2. The summed E-state index contributed by atoms with van der Waals surface area (Å²) in [5.74, 6) is 0.0951. The van der Waals surface area contributed by atoms with Crippen molar-refractivity contribution in [1.82, 2.24) is 5.32 Å². The molecule has 0 aliphatic rings. The summed E-state index contributed by atoms with van der Waals surface area (Å²) in [6.45, 7) is 6.71. The Morgan fingerprint density at radius 1 is 0.892 bits per heavy atom. The maximum Gasteiger partial charge on any atom is 0.255 e. The summed E-state index contributed by atoms with van der Waals surface area (Å²) in [4.78, 5) is 24.7. The van der Waals surface area contributed by atoms with Crippen LogP contribution in [0.4, 0.5) is 11.4 Å². The molecular formula is C28H29Cl2N3O3S. The molecule has 0 fully saturated rings. The topological polar surface area (TPSA) is 79.5 Å². The van der Waals surface area contributed by atoms with Crippen molar-refractivity contribution >= 4 is 63.7 Å². The van der Waals surface area contributed by atoms with Gasteiger partial charge in [-0.2, -0.15) is 0 Å². The van der Waals surface area contributed by atoms with Crippen LogP contribution in [0.25, 0.3) is 0 Å². The zero-order valence-corrected chi connectivity index (χ0v) is 23.2. The molecule has 0 heterocycles. The van der Waals surface area contributed by atoms with E-state index in [0.717, 1.165) is 0 Å². The molecule has 9 heteroatoms. The molecule has 3 aromatic rings. The Labute approximate surface area is 232 Å². The van der Waals surface area contributed by atoms with Crippen molar-refractivity contribution < 1.29 is 14.3 Å². The van der Waals surface area contributed by atoms with Gasteiger partial charge in [0.05, 0.1) is 11.6 Å². The molecule has 0 spiro atoms. The molecule has 0 saturated carbocycles. The van der Waals surface area contributed by atoms with E-state index in [1.54, 1.807) is 42.5 Å². The van der Waals surface area contributed by atoms with Crippen LogP contribution in [-0.2, 0) is 10.2 Å². The minimum absolute atomic E-state index is 0.0269. The molecule has 0 bridgehead atoms. The van der Waals surface area contributed by atoms with Crippen LogP contribution < -0.4 is 20.7 Å². The number of nitrogens with one attached hydrogen (secondary N) is 3. The quantitative estimate of drug-likeness (QED) is 0.201. The van der Waals surface area contributed by atoms with Gasteiger partial charge in [0.2, 0.25) is 5.91 Å². The van der Waals surface area contributed by atoms with E-state index in [-0.39, 0.29) is 28.8 Å². The first-order valence-corrected chi connectivity index (χ1v) is 12.9. The number of halogens is 2. The standard InChI is InChI=1S/C28H29Cl2N3O3S/c1-28(2,3)19-8-6-18(7-9-19)26(35)31-21-11-13-22(14-12-21)32-27(37)33-25(34)5-4-16-36-24-15-10-20(29)17-23(24)30/h6-15,17H,4-5,16H2,1-3H3,(H,31,35)(H2,32,33,34,37). The van der Waals surface area contributed by atoms with Crippen LogP contribution in [0.2, 0.25) is 10.0 Å². The molecule has 0 unspecified atom stereocenters. The summed E-state index contributed by atoms with van der Waals surface area (Å²) >= 11 is 17.2. The van der Waals surface area contributed by atoms with Crippen LogP contribution in [0, 0.1) is 0 Å². The average Bonchev–Trinajstić information content (AvgIpc) is 2.83. The zero-order valence-electron chi connectivity index (χ0n) is 20.9. The number of anilines is 2. The Morgan fingerprint density at radius 3 is 2.11 bits per heavy atom. The molecule has 0 atom stereocenters. The highest BCUT2D eigenvalue weighted by Crippen LogP contribution is 2.27. The van der Waals surface area contributed by atoms with Gasteiger partial charge >= 0.3 is 0 Å². The first kappa shape index (κ1) is 28.4. The zero-order chi connectivity index (χ0) is 27.0. The Bertz CT molecular complexity index is 1260. The number of hydrogen-bond donors (Lipinski definition) is 3. The molecule has 0 saturated heterocycles. The van der Waals surface area contributed by atoms with Crippen molar-refractivity contribution in [3.05, 3.63) is 87.9 Å². The van der Waals surface area contributed by atoms with Crippen molar-refractivity contribution in [2.45, 2.75) is 39.0 Å².